The minimum absolute atomic E-state index is 1.05. The summed E-state index contributed by atoms with van der Waals surface area (Å²) < 4.78 is 2.27. The van der Waals surface area contributed by atoms with Crippen LogP contribution in [0.25, 0.3) is 11.4 Å². The van der Waals surface area contributed by atoms with Gasteiger partial charge in [-0.15, -0.1) is 0 Å². The van der Waals surface area contributed by atoms with Crippen LogP contribution in [0.2, 0.25) is 0 Å². The number of hydrogen-bond acceptors (Lipinski definition) is 2. The number of nitrogens with zero attached hydrogens (tertiary/aromatic N) is 3. The van der Waals surface area contributed by atoms with Gasteiger partial charge in [0, 0.05) is 37.6 Å². The standard InChI is InChI=1S/C18H23N3/c1-3-9-17(10-4-1)18-19-11-16-21(18)15-8-7-14-20-12-5-2-6-13-20/h1-5,9-11,16H,6-8,12-15H2. The molecule has 0 saturated carbocycles. The number of rotatable bonds is 6. The fourth-order valence-electron chi connectivity index (χ4n) is 2.85. The summed E-state index contributed by atoms with van der Waals surface area (Å²) in [5.74, 6) is 1.08. The normalized spacial score (nSPS) is 15.4. The van der Waals surface area contributed by atoms with Gasteiger partial charge in [0.15, 0.2) is 0 Å². The van der Waals surface area contributed by atoms with Gasteiger partial charge in [-0.1, -0.05) is 42.5 Å². The summed E-state index contributed by atoms with van der Waals surface area (Å²) >= 11 is 0. The number of aryl methyl sites for hydroxylation is 1. The van der Waals surface area contributed by atoms with Gasteiger partial charge in [-0.3, -0.25) is 4.90 Å². The second kappa shape index (κ2) is 7.23. The summed E-state index contributed by atoms with van der Waals surface area (Å²) in [6, 6.07) is 10.4. The molecule has 1 aliphatic heterocycles. The number of imidazole rings is 1. The molecule has 2 heterocycles. The lowest BCUT2D eigenvalue weighted by atomic mass is 10.2. The Labute approximate surface area is 126 Å². The predicted molar refractivity (Wildman–Crippen MR) is 87.1 cm³/mol. The van der Waals surface area contributed by atoms with Crippen molar-refractivity contribution >= 4 is 0 Å². The Morgan fingerprint density at radius 1 is 1.00 bits per heavy atom. The predicted octanol–water partition coefficient (Wildman–Crippen LogP) is 3.59. The molecule has 1 aromatic heterocycles. The van der Waals surface area contributed by atoms with Gasteiger partial charge in [0.25, 0.3) is 0 Å². The van der Waals surface area contributed by atoms with Crippen molar-refractivity contribution in [2.24, 2.45) is 0 Å². The second-order valence-electron chi connectivity index (χ2n) is 5.58. The molecule has 3 nitrogen and oxygen atoms in total. The molecule has 0 N–H and O–H groups in total. The summed E-state index contributed by atoms with van der Waals surface area (Å²) in [6.45, 7) is 4.60. The van der Waals surface area contributed by atoms with E-state index in [1.807, 2.05) is 12.3 Å². The van der Waals surface area contributed by atoms with Gasteiger partial charge in [-0.25, -0.2) is 4.98 Å². The minimum Gasteiger partial charge on any atom is -0.331 e. The van der Waals surface area contributed by atoms with Gasteiger partial charge in [-0.05, 0) is 25.8 Å². The molecule has 0 unspecified atom stereocenters. The first-order valence-corrected chi connectivity index (χ1v) is 7.87. The van der Waals surface area contributed by atoms with Crippen LogP contribution < -0.4 is 0 Å². The van der Waals surface area contributed by atoms with Crippen molar-refractivity contribution in [3.05, 3.63) is 54.9 Å². The SMILES string of the molecule is C1=CCN(CCCCn2ccnc2-c2ccccc2)CC1. The lowest BCUT2D eigenvalue weighted by Gasteiger charge is -2.22. The van der Waals surface area contributed by atoms with Crippen molar-refractivity contribution in [3.63, 3.8) is 0 Å². The molecular formula is C18H23N3. The van der Waals surface area contributed by atoms with Crippen LogP contribution in [-0.4, -0.2) is 34.1 Å². The molecule has 3 heteroatoms. The van der Waals surface area contributed by atoms with Gasteiger partial charge in [0.1, 0.15) is 5.82 Å². The molecule has 0 aliphatic carbocycles. The highest BCUT2D eigenvalue weighted by Gasteiger charge is 2.07. The number of unbranched alkanes of at least 4 members (excludes halogenated alkanes) is 1. The highest BCUT2D eigenvalue weighted by Crippen LogP contribution is 2.17. The Morgan fingerprint density at radius 3 is 2.67 bits per heavy atom. The molecule has 0 spiro atoms. The highest BCUT2D eigenvalue weighted by atomic mass is 15.1. The molecule has 21 heavy (non-hydrogen) atoms. The van der Waals surface area contributed by atoms with Crippen molar-refractivity contribution in [1.82, 2.24) is 14.5 Å². The number of benzene rings is 1. The maximum absolute atomic E-state index is 4.50. The molecule has 0 amide bonds. The number of aromatic nitrogens is 2. The summed E-state index contributed by atoms with van der Waals surface area (Å²) in [4.78, 5) is 7.03. The lowest BCUT2D eigenvalue weighted by Crippen LogP contribution is -2.28. The summed E-state index contributed by atoms with van der Waals surface area (Å²) in [7, 11) is 0. The van der Waals surface area contributed by atoms with Crippen LogP contribution in [0.4, 0.5) is 0 Å². The van der Waals surface area contributed by atoms with Gasteiger partial charge in [-0.2, -0.15) is 0 Å². The van der Waals surface area contributed by atoms with E-state index in [4.69, 9.17) is 0 Å². The van der Waals surface area contributed by atoms with E-state index >= 15 is 0 Å². The van der Waals surface area contributed by atoms with Crippen LogP contribution in [-0.2, 0) is 6.54 Å². The van der Waals surface area contributed by atoms with Crippen LogP contribution in [0.3, 0.4) is 0 Å². The van der Waals surface area contributed by atoms with Crippen LogP contribution >= 0.6 is 0 Å². The Bertz CT molecular complexity index is 571. The minimum atomic E-state index is 1.05. The number of hydrogen-bond donors (Lipinski definition) is 0. The maximum atomic E-state index is 4.50. The van der Waals surface area contributed by atoms with E-state index in [0.29, 0.717) is 0 Å². The molecule has 0 saturated heterocycles. The average molecular weight is 281 g/mol. The van der Waals surface area contributed by atoms with Crippen molar-refractivity contribution in [2.45, 2.75) is 25.8 Å². The summed E-state index contributed by atoms with van der Waals surface area (Å²) in [5.41, 5.74) is 1.20. The van der Waals surface area contributed by atoms with Crippen LogP contribution in [0.15, 0.2) is 54.9 Å². The maximum Gasteiger partial charge on any atom is 0.139 e. The summed E-state index contributed by atoms with van der Waals surface area (Å²) in [6.07, 6.45) is 12.2. The van der Waals surface area contributed by atoms with Gasteiger partial charge in [0.2, 0.25) is 0 Å². The zero-order valence-electron chi connectivity index (χ0n) is 12.5. The summed E-state index contributed by atoms with van der Waals surface area (Å²) in [5, 5.41) is 0. The van der Waals surface area contributed by atoms with E-state index in [9.17, 15) is 0 Å². The lowest BCUT2D eigenvalue weighted by molar-refractivity contribution is 0.289. The molecule has 110 valence electrons. The van der Waals surface area contributed by atoms with Gasteiger partial charge in [0.05, 0.1) is 0 Å². The zero-order chi connectivity index (χ0) is 14.3. The third kappa shape index (κ3) is 3.82. The Kier molecular flexibility index (Phi) is 4.85. The van der Waals surface area contributed by atoms with Crippen LogP contribution in [0, 0.1) is 0 Å². The first kappa shape index (κ1) is 14.1. The van der Waals surface area contributed by atoms with E-state index in [1.54, 1.807) is 0 Å². The fourth-order valence-corrected chi connectivity index (χ4v) is 2.85. The molecule has 0 atom stereocenters. The smallest absolute Gasteiger partial charge is 0.139 e. The molecular weight excluding hydrogens is 258 g/mol. The van der Waals surface area contributed by atoms with Crippen molar-refractivity contribution in [3.8, 4) is 11.4 Å². The fraction of sp³-hybridized carbons (Fsp3) is 0.389. The molecule has 0 radical (unpaired) electrons. The van der Waals surface area contributed by atoms with Crippen molar-refractivity contribution in [2.75, 3.05) is 19.6 Å². The largest absolute Gasteiger partial charge is 0.331 e. The van der Waals surface area contributed by atoms with Crippen molar-refractivity contribution < 1.29 is 0 Å². The topological polar surface area (TPSA) is 21.1 Å². The Balaban J connectivity index is 1.50. The quantitative estimate of drug-likeness (QED) is 0.596. The Hall–Kier alpha value is -1.87. The third-order valence-corrected chi connectivity index (χ3v) is 4.01. The molecule has 1 aromatic carbocycles. The van der Waals surface area contributed by atoms with Gasteiger partial charge >= 0.3 is 0 Å². The van der Waals surface area contributed by atoms with Crippen molar-refractivity contribution in [1.29, 1.82) is 0 Å². The van der Waals surface area contributed by atoms with E-state index in [-0.39, 0.29) is 0 Å². The Morgan fingerprint density at radius 2 is 1.86 bits per heavy atom. The first-order chi connectivity index (χ1) is 10.4. The molecule has 2 aromatic rings. The second-order valence-corrected chi connectivity index (χ2v) is 5.58. The van der Waals surface area contributed by atoms with Crippen LogP contribution in [0.5, 0.6) is 0 Å². The first-order valence-electron chi connectivity index (χ1n) is 7.87. The van der Waals surface area contributed by atoms with E-state index in [1.165, 1.54) is 37.9 Å². The van der Waals surface area contributed by atoms with E-state index in [2.05, 4.69) is 57.1 Å². The average Bonchev–Trinajstić information content (AvgIpc) is 3.02. The zero-order valence-corrected chi connectivity index (χ0v) is 12.5. The third-order valence-electron chi connectivity index (χ3n) is 4.01. The molecule has 0 fully saturated rings. The van der Waals surface area contributed by atoms with E-state index < -0.39 is 0 Å². The molecule has 0 bridgehead atoms. The van der Waals surface area contributed by atoms with Gasteiger partial charge < -0.3 is 4.57 Å². The van der Waals surface area contributed by atoms with Crippen LogP contribution in [0.1, 0.15) is 19.3 Å². The van der Waals surface area contributed by atoms with E-state index in [0.717, 1.165) is 18.9 Å². The molecule has 1 aliphatic rings. The highest BCUT2D eigenvalue weighted by molar-refractivity contribution is 5.54. The monoisotopic (exact) mass is 281 g/mol. The molecule has 3 rings (SSSR count).